The van der Waals surface area contributed by atoms with Gasteiger partial charge in [0.1, 0.15) is 11.5 Å². The van der Waals surface area contributed by atoms with Crippen molar-refractivity contribution in [2.75, 3.05) is 19.5 Å². The molecule has 0 atom stereocenters. The average molecular weight is 342 g/mol. The van der Waals surface area contributed by atoms with Gasteiger partial charge in [-0.25, -0.2) is 0 Å². The van der Waals surface area contributed by atoms with E-state index in [0.717, 1.165) is 10.8 Å². The number of amides is 1. The van der Waals surface area contributed by atoms with Crippen LogP contribution in [-0.2, 0) is 0 Å². The number of hydrogen-bond donors (Lipinski definition) is 1. The van der Waals surface area contributed by atoms with Crippen LogP contribution in [0.25, 0.3) is 10.8 Å². The Bertz CT molecular complexity index is 891. The van der Waals surface area contributed by atoms with Crippen LogP contribution in [0.4, 0.5) is 5.69 Å². The first kappa shape index (κ1) is 16.1. The summed E-state index contributed by atoms with van der Waals surface area (Å²) < 4.78 is 10.5. The summed E-state index contributed by atoms with van der Waals surface area (Å²) in [6.07, 6.45) is 0. The number of halogens is 1. The van der Waals surface area contributed by atoms with Crippen LogP contribution in [0.5, 0.6) is 11.5 Å². The lowest BCUT2D eigenvalue weighted by Crippen LogP contribution is -2.13. The van der Waals surface area contributed by atoms with E-state index in [0.29, 0.717) is 27.8 Å². The molecule has 0 spiro atoms. The molecule has 24 heavy (non-hydrogen) atoms. The summed E-state index contributed by atoms with van der Waals surface area (Å²) in [6.45, 7) is 0. The minimum Gasteiger partial charge on any atom is -0.497 e. The summed E-state index contributed by atoms with van der Waals surface area (Å²) in [5.41, 5.74) is 1.12. The van der Waals surface area contributed by atoms with Gasteiger partial charge in [-0.05, 0) is 24.3 Å². The van der Waals surface area contributed by atoms with Crippen LogP contribution in [0.1, 0.15) is 10.4 Å². The van der Waals surface area contributed by atoms with Crippen LogP contribution in [0.2, 0.25) is 5.02 Å². The summed E-state index contributed by atoms with van der Waals surface area (Å²) >= 11 is 6.29. The number of fused-ring (bicyclic) bond motifs is 1. The highest BCUT2D eigenvalue weighted by Gasteiger charge is 2.15. The third-order valence-electron chi connectivity index (χ3n) is 3.77. The van der Waals surface area contributed by atoms with Crippen molar-refractivity contribution >= 4 is 34.0 Å². The molecule has 0 heterocycles. The third kappa shape index (κ3) is 3.01. The zero-order valence-corrected chi connectivity index (χ0v) is 14.1. The quantitative estimate of drug-likeness (QED) is 0.744. The number of anilines is 1. The van der Waals surface area contributed by atoms with Gasteiger partial charge in [0.25, 0.3) is 5.91 Å². The molecule has 4 nitrogen and oxygen atoms in total. The van der Waals surface area contributed by atoms with E-state index < -0.39 is 0 Å². The highest BCUT2D eigenvalue weighted by Crippen LogP contribution is 2.38. The largest absolute Gasteiger partial charge is 0.497 e. The predicted octanol–water partition coefficient (Wildman–Crippen LogP) is 4.76. The van der Waals surface area contributed by atoms with E-state index in [9.17, 15) is 4.79 Å². The van der Waals surface area contributed by atoms with E-state index >= 15 is 0 Å². The number of rotatable bonds is 4. The van der Waals surface area contributed by atoms with Gasteiger partial charge in [0, 0.05) is 22.4 Å². The van der Waals surface area contributed by atoms with Crippen molar-refractivity contribution in [3.8, 4) is 11.5 Å². The molecule has 3 aromatic carbocycles. The first-order valence-corrected chi connectivity index (χ1v) is 7.72. The van der Waals surface area contributed by atoms with Crippen molar-refractivity contribution in [3.63, 3.8) is 0 Å². The number of hydrogen-bond acceptors (Lipinski definition) is 3. The fourth-order valence-electron chi connectivity index (χ4n) is 2.53. The summed E-state index contributed by atoms with van der Waals surface area (Å²) in [6, 6.07) is 16.2. The predicted molar refractivity (Wildman–Crippen MR) is 96.5 cm³/mol. The second-order valence-corrected chi connectivity index (χ2v) is 5.57. The Morgan fingerprint density at radius 1 is 0.958 bits per heavy atom. The van der Waals surface area contributed by atoms with Crippen molar-refractivity contribution < 1.29 is 14.3 Å². The van der Waals surface area contributed by atoms with Crippen molar-refractivity contribution in [3.05, 3.63) is 65.2 Å². The molecule has 3 aromatic rings. The lowest BCUT2D eigenvalue weighted by Gasteiger charge is -2.14. The monoisotopic (exact) mass is 341 g/mol. The van der Waals surface area contributed by atoms with E-state index in [1.54, 1.807) is 44.6 Å². The molecule has 0 aliphatic heterocycles. The molecular weight excluding hydrogens is 326 g/mol. The molecule has 1 amide bonds. The van der Waals surface area contributed by atoms with Gasteiger partial charge in [-0.2, -0.15) is 0 Å². The van der Waals surface area contributed by atoms with Crippen LogP contribution in [-0.4, -0.2) is 20.1 Å². The molecule has 0 saturated heterocycles. The Hall–Kier alpha value is -2.72. The minimum absolute atomic E-state index is 0.233. The second-order valence-electron chi connectivity index (χ2n) is 5.16. The van der Waals surface area contributed by atoms with Gasteiger partial charge < -0.3 is 14.8 Å². The molecular formula is C19H16ClNO3. The van der Waals surface area contributed by atoms with Gasteiger partial charge in [-0.3, -0.25) is 4.79 Å². The standard InChI is InChI=1S/C19H16ClNO3/c1-23-13-9-7-12(8-10-13)19(22)21-18-15-6-4-3-5-14(15)16(20)11-17(18)24-2/h3-11H,1-2H3,(H,21,22). The smallest absolute Gasteiger partial charge is 0.255 e. The Balaban J connectivity index is 2.02. The van der Waals surface area contributed by atoms with Gasteiger partial charge in [-0.1, -0.05) is 35.9 Å². The third-order valence-corrected chi connectivity index (χ3v) is 4.08. The SMILES string of the molecule is COc1ccc(C(=O)Nc2c(OC)cc(Cl)c3ccccc23)cc1. The molecule has 1 N–H and O–H groups in total. The van der Waals surface area contributed by atoms with E-state index in [4.69, 9.17) is 21.1 Å². The van der Waals surface area contributed by atoms with Crippen molar-refractivity contribution in [2.24, 2.45) is 0 Å². The maximum Gasteiger partial charge on any atom is 0.255 e. The summed E-state index contributed by atoms with van der Waals surface area (Å²) in [5.74, 6) is 0.977. The topological polar surface area (TPSA) is 47.6 Å². The molecule has 122 valence electrons. The van der Waals surface area contributed by atoms with Crippen LogP contribution in [0, 0.1) is 0 Å². The molecule has 0 radical (unpaired) electrons. The zero-order chi connectivity index (χ0) is 17.1. The summed E-state index contributed by atoms with van der Waals surface area (Å²) in [7, 11) is 3.13. The Morgan fingerprint density at radius 3 is 2.25 bits per heavy atom. The molecule has 0 fully saturated rings. The molecule has 5 heteroatoms. The van der Waals surface area contributed by atoms with E-state index in [2.05, 4.69) is 5.32 Å². The number of nitrogens with one attached hydrogen (secondary N) is 1. The Morgan fingerprint density at radius 2 is 1.62 bits per heavy atom. The highest BCUT2D eigenvalue weighted by molar-refractivity contribution is 6.36. The summed E-state index contributed by atoms with van der Waals surface area (Å²) in [5, 5.41) is 5.17. The van der Waals surface area contributed by atoms with Crippen molar-refractivity contribution in [1.29, 1.82) is 0 Å². The molecule has 0 aliphatic rings. The number of benzene rings is 3. The zero-order valence-electron chi connectivity index (χ0n) is 13.3. The number of ether oxygens (including phenoxy) is 2. The lowest BCUT2D eigenvalue weighted by atomic mass is 10.1. The van der Waals surface area contributed by atoms with E-state index in [1.807, 2.05) is 24.3 Å². The number of carbonyl (C=O) groups excluding carboxylic acids is 1. The van der Waals surface area contributed by atoms with Crippen LogP contribution in [0.3, 0.4) is 0 Å². The first-order valence-electron chi connectivity index (χ1n) is 7.34. The van der Waals surface area contributed by atoms with Gasteiger partial charge >= 0.3 is 0 Å². The Labute approximate surface area is 145 Å². The number of carbonyl (C=O) groups is 1. The Kier molecular flexibility index (Phi) is 4.58. The van der Waals surface area contributed by atoms with Crippen LogP contribution >= 0.6 is 11.6 Å². The van der Waals surface area contributed by atoms with Crippen LogP contribution < -0.4 is 14.8 Å². The second kappa shape index (κ2) is 6.81. The van der Waals surface area contributed by atoms with Gasteiger partial charge in [-0.15, -0.1) is 0 Å². The molecule has 0 unspecified atom stereocenters. The van der Waals surface area contributed by atoms with Gasteiger partial charge in [0.15, 0.2) is 0 Å². The maximum absolute atomic E-state index is 12.6. The van der Waals surface area contributed by atoms with E-state index in [-0.39, 0.29) is 5.91 Å². The van der Waals surface area contributed by atoms with Crippen molar-refractivity contribution in [1.82, 2.24) is 0 Å². The fraction of sp³-hybridized carbons (Fsp3) is 0.105. The maximum atomic E-state index is 12.6. The normalized spacial score (nSPS) is 10.5. The van der Waals surface area contributed by atoms with Gasteiger partial charge in [0.05, 0.1) is 24.9 Å². The van der Waals surface area contributed by atoms with Crippen LogP contribution in [0.15, 0.2) is 54.6 Å². The average Bonchev–Trinajstić information content (AvgIpc) is 2.63. The molecule has 0 aromatic heterocycles. The van der Waals surface area contributed by atoms with Crippen molar-refractivity contribution in [2.45, 2.75) is 0 Å². The van der Waals surface area contributed by atoms with E-state index in [1.165, 1.54) is 0 Å². The fourth-order valence-corrected chi connectivity index (χ4v) is 2.79. The first-order chi connectivity index (χ1) is 11.6. The number of methoxy groups -OCH3 is 2. The molecule has 0 aliphatic carbocycles. The molecule has 3 rings (SSSR count). The molecule has 0 saturated carbocycles. The van der Waals surface area contributed by atoms with Gasteiger partial charge in [0.2, 0.25) is 0 Å². The molecule has 0 bridgehead atoms. The summed E-state index contributed by atoms with van der Waals surface area (Å²) in [4.78, 5) is 12.6. The minimum atomic E-state index is -0.233. The highest BCUT2D eigenvalue weighted by atomic mass is 35.5. The lowest BCUT2D eigenvalue weighted by molar-refractivity contribution is 0.102.